The Balaban J connectivity index is 1.34. The summed E-state index contributed by atoms with van der Waals surface area (Å²) in [6, 6.07) is 1.56. The van der Waals surface area contributed by atoms with E-state index in [0.717, 1.165) is 16.2 Å². The number of thioether (sulfide) groups is 1. The van der Waals surface area contributed by atoms with Crippen molar-refractivity contribution in [2.45, 2.75) is 24.4 Å². The summed E-state index contributed by atoms with van der Waals surface area (Å²) in [6.45, 7) is 1.20. The van der Waals surface area contributed by atoms with E-state index in [1.807, 2.05) is 0 Å². The zero-order valence-electron chi connectivity index (χ0n) is 23.0. The van der Waals surface area contributed by atoms with E-state index in [0.29, 0.717) is 0 Å². The van der Waals surface area contributed by atoms with Crippen LogP contribution in [0.2, 0.25) is 10.0 Å². The van der Waals surface area contributed by atoms with E-state index in [1.165, 1.54) is 48.4 Å². The largest absolute Gasteiger partial charge is 0.503 e. The van der Waals surface area contributed by atoms with Crippen LogP contribution < -0.4 is 11.1 Å². The molecule has 1 saturated heterocycles. The Kier molecular flexibility index (Phi) is 9.15. The Morgan fingerprint density at radius 1 is 1.24 bits per heavy atom. The smallest absolute Gasteiger partial charge is 0.352 e. The van der Waals surface area contributed by atoms with Crippen LogP contribution in [0.15, 0.2) is 44.5 Å². The number of nitrogens with one attached hydrogen (secondary N) is 1. The van der Waals surface area contributed by atoms with Gasteiger partial charge in [0.05, 0.1) is 10.0 Å². The Bertz CT molecular complexity index is 1870. The van der Waals surface area contributed by atoms with Crippen molar-refractivity contribution in [2.24, 2.45) is 5.16 Å². The number of carboxylic acids is 2. The molecule has 20 heteroatoms. The summed E-state index contributed by atoms with van der Waals surface area (Å²) >= 11 is 14.2. The number of carbonyl (C=O) groups is 4. The van der Waals surface area contributed by atoms with Gasteiger partial charge >= 0.3 is 11.9 Å². The van der Waals surface area contributed by atoms with E-state index < -0.39 is 58.5 Å². The molecule has 46 heavy (non-hydrogen) atoms. The fraction of sp³-hybridized carbons (Fsp3) is 0.192. The van der Waals surface area contributed by atoms with Gasteiger partial charge in [0.1, 0.15) is 28.5 Å². The first-order valence-corrected chi connectivity index (χ1v) is 15.4. The summed E-state index contributed by atoms with van der Waals surface area (Å²) < 4.78 is 5.27. The van der Waals surface area contributed by atoms with Crippen LogP contribution in [0.4, 0.5) is 5.13 Å². The Labute approximate surface area is 275 Å². The summed E-state index contributed by atoms with van der Waals surface area (Å²) in [4.78, 5) is 59.6. The normalized spacial score (nSPS) is 18.7. The van der Waals surface area contributed by atoms with Gasteiger partial charge < -0.3 is 40.8 Å². The number of nitrogens with zero attached hydrogens (tertiary/aromatic N) is 4. The molecule has 0 bridgehead atoms. The molecule has 1 unspecified atom stereocenters. The highest BCUT2D eigenvalue weighted by molar-refractivity contribution is 8.00. The third-order valence-corrected chi connectivity index (χ3v) is 9.18. The lowest BCUT2D eigenvalue weighted by Crippen LogP contribution is -2.71. The number of oxime groups is 1. The molecule has 4 heterocycles. The molecule has 0 radical (unpaired) electrons. The van der Waals surface area contributed by atoms with Crippen molar-refractivity contribution >= 4 is 87.0 Å². The van der Waals surface area contributed by atoms with Crippen LogP contribution in [0.1, 0.15) is 18.4 Å². The molecule has 2 aliphatic heterocycles. The number of rotatable bonds is 10. The van der Waals surface area contributed by atoms with Crippen molar-refractivity contribution in [3.63, 3.8) is 0 Å². The SMILES string of the molecule is CC(O/N=C(/C(=O)N[C@@H]1C(=O)N2C(C(=O)O)=C(/C=C/c3cc(-c4cc(Cl)c(O)c(O)c4Cl)no3)CS[C@H]12)c1csc(N)n1)C(=O)O. The van der Waals surface area contributed by atoms with Crippen molar-refractivity contribution < 1.29 is 49.0 Å². The second-order valence-electron chi connectivity index (χ2n) is 9.50. The standard InChI is InChI=1S/C26H20Cl2N6O10S2/c1-8(24(39)40)43-33-16(14-7-46-26(29)30-14)21(37)31-17-22(38)34-18(25(41)42)9(6-45-23(17)34)2-3-10-4-13(32-44-10)11-5-12(27)19(35)20(36)15(11)28/h2-5,7-8,17,23,35-36H,6H2,1H3,(H2,29,30)(H,31,37)(H,39,40)(H,41,42)/b3-2+,33-16+/t8?,17-,23-/m1/s1. The van der Waals surface area contributed by atoms with E-state index in [4.69, 9.17) is 43.4 Å². The number of aromatic hydroxyl groups is 2. The highest BCUT2D eigenvalue weighted by Gasteiger charge is 2.54. The van der Waals surface area contributed by atoms with Gasteiger partial charge in [-0.1, -0.05) is 39.6 Å². The quantitative estimate of drug-likeness (QED) is 0.0766. The minimum atomic E-state index is -1.40. The first-order valence-electron chi connectivity index (χ1n) is 12.7. The number of benzene rings is 1. The predicted octanol–water partition coefficient (Wildman–Crippen LogP) is 2.74. The molecule has 2 amide bonds. The van der Waals surface area contributed by atoms with Crippen LogP contribution >= 0.6 is 46.3 Å². The number of nitrogens with two attached hydrogens (primary N) is 1. The van der Waals surface area contributed by atoms with Gasteiger partial charge in [0.15, 0.2) is 28.1 Å². The number of nitrogen functional groups attached to an aromatic ring is 1. The minimum absolute atomic E-state index is 0.0146. The number of aliphatic carboxylic acids is 2. The van der Waals surface area contributed by atoms with Gasteiger partial charge in [-0.25, -0.2) is 14.6 Å². The third-order valence-electron chi connectivity index (χ3n) is 6.54. The maximum atomic E-state index is 13.2. The number of aromatic nitrogens is 2. The first-order chi connectivity index (χ1) is 21.8. The molecule has 7 N–H and O–H groups in total. The molecule has 0 saturated carbocycles. The van der Waals surface area contributed by atoms with Gasteiger partial charge in [0.25, 0.3) is 11.8 Å². The predicted molar refractivity (Wildman–Crippen MR) is 165 cm³/mol. The van der Waals surface area contributed by atoms with E-state index >= 15 is 0 Å². The Hall–Kier alpha value is -4.78. The molecule has 2 aromatic heterocycles. The lowest BCUT2D eigenvalue weighted by molar-refractivity contribution is -0.150. The van der Waals surface area contributed by atoms with Crippen LogP contribution in [-0.4, -0.2) is 88.2 Å². The number of hydrogen-bond donors (Lipinski definition) is 6. The van der Waals surface area contributed by atoms with Gasteiger partial charge in [-0.15, -0.1) is 23.1 Å². The lowest BCUT2D eigenvalue weighted by Gasteiger charge is -2.49. The van der Waals surface area contributed by atoms with E-state index in [2.05, 4.69) is 20.6 Å². The van der Waals surface area contributed by atoms with Gasteiger partial charge in [-0.3, -0.25) is 14.5 Å². The molecule has 3 aromatic rings. The molecule has 3 atom stereocenters. The summed E-state index contributed by atoms with van der Waals surface area (Å²) in [5.74, 6) is -5.31. The monoisotopic (exact) mass is 710 g/mol. The molecule has 1 aromatic carbocycles. The fourth-order valence-electron chi connectivity index (χ4n) is 4.23. The molecule has 0 spiro atoms. The highest BCUT2D eigenvalue weighted by Crippen LogP contribution is 2.45. The average Bonchev–Trinajstić information content (AvgIpc) is 3.67. The number of β-lactam (4-membered cyclic amide) rings is 1. The van der Waals surface area contributed by atoms with E-state index in [-0.39, 0.29) is 54.9 Å². The Morgan fingerprint density at radius 2 is 1.98 bits per heavy atom. The maximum Gasteiger partial charge on any atom is 0.352 e. The van der Waals surface area contributed by atoms with Crippen molar-refractivity contribution in [1.82, 2.24) is 20.4 Å². The van der Waals surface area contributed by atoms with Crippen molar-refractivity contribution in [3.8, 4) is 22.8 Å². The molecule has 16 nitrogen and oxygen atoms in total. The summed E-state index contributed by atoms with van der Waals surface area (Å²) in [6.07, 6.45) is 1.44. The minimum Gasteiger partial charge on any atom is -0.503 e. The number of carboxylic acid groups (broad SMARTS) is 2. The summed E-state index contributed by atoms with van der Waals surface area (Å²) in [5, 5.41) is 49.1. The number of anilines is 1. The zero-order valence-corrected chi connectivity index (χ0v) is 26.1. The van der Waals surface area contributed by atoms with Crippen LogP contribution in [0.25, 0.3) is 17.3 Å². The van der Waals surface area contributed by atoms with Crippen molar-refractivity contribution in [1.29, 1.82) is 0 Å². The summed E-state index contributed by atoms with van der Waals surface area (Å²) in [5.41, 5.74) is 5.48. The first kappa shape index (κ1) is 32.6. The lowest BCUT2D eigenvalue weighted by atomic mass is 10.0. The topological polar surface area (TPSA) is 251 Å². The number of carbonyl (C=O) groups excluding carboxylic acids is 2. The molecule has 240 valence electrons. The second-order valence-corrected chi connectivity index (χ2v) is 12.3. The van der Waals surface area contributed by atoms with Crippen LogP contribution in [0.5, 0.6) is 11.5 Å². The van der Waals surface area contributed by atoms with E-state index in [1.54, 1.807) is 0 Å². The number of fused-ring (bicyclic) bond motifs is 1. The Morgan fingerprint density at radius 3 is 2.63 bits per heavy atom. The van der Waals surface area contributed by atoms with E-state index in [9.17, 15) is 34.5 Å². The molecule has 0 aliphatic carbocycles. The second kappa shape index (κ2) is 12.9. The fourth-order valence-corrected chi connectivity index (χ4v) is 6.53. The third kappa shape index (κ3) is 6.19. The van der Waals surface area contributed by atoms with Gasteiger partial charge in [0, 0.05) is 22.8 Å². The average molecular weight is 712 g/mol. The number of amides is 2. The number of allylic oxidation sites excluding steroid dienone is 1. The molecule has 5 rings (SSSR count). The molecular formula is C26H20Cl2N6O10S2. The maximum absolute atomic E-state index is 13.2. The number of thiazole rings is 1. The number of hydrogen-bond acceptors (Lipinski definition) is 14. The number of phenols is 2. The highest BCUT2D eigenvalue weighted by atomic mass is 35.5. The van der Waals surface area contributed by atoms with Gasteiger partial charge in [-0.2, -0.15) is 0 Å². The number of phenolic OH excluding ortho intramolecular Hbond substituents is 2. The molecule has 1 fully saturated rings. The molecule has 2 aliphatic rings. The van der Waals surface area contributed by atoms with Gasteiger partial charge in [-0.05, 0) is 24.6 Å². The zero-order chi connectivity index (χ0) is 33.4. The summed E-state index contributed by atoms with van der Waals surface area (Å²) in [7, 11) is 0. The van der Waals surface area contributed by atoms with Crippen molar-refractivity contribution in [2.75, 3.05) is 11.5 Å². The van der Waals surface area contributed by atoms with Gasteiger partial charge in [0.2, 0.25) is 6.10 Å². The van der Waals surface area contributed by atoms with Crippen LogP contribution in [-0.2, 0) is 24.0 Å². The molecular weight excluding hydrogens is 691 g/mol. The van der Waals surface area contributed by atoms with Crippen LogP contribution in [0, 0.1) is 0 Å². The number of halogens is 2. The van der Waals surface area contributed by atoms with Crippen molar-refractivity contribution in [3.05, 3.63) is 56.4 Å². The van der Waals surface area contributed by atoms with Crippen LogP contribution in [0.3, 0.4) is 0 Å².